The predicted molar refractivity (Wildman–Crippen MR) is 99.1 cm³/mol. The summed E-state index contributed by atoms with van der Waals surface area (Å²) in [4.78, 5) is 24.8. The fourth-order valence-corrected chi connectivity index (χ4v) is 4.25. The van der Waals surface area contributed by atoms with E-state index in [0.29, 0.717) is 29.9 Å². The lowest BCUT2D eigenvalue weighted by Crippen LogP contribution is -2.56. The number of rotatable bonds is 5. The molecule has 7 heteroatoms. The van der Waals surface area contributed by atoms with Crippen molar-refractivity contribution in [2.24, 2.45) is 5.92 Å². The molecule has 2 N–H and O–H groups in total. The van der Waals surface area contributed by atoms with E-state index in [0.717, 1.165) is 25.5 Å². The van der Waals surface area contributed by atoms with E-state index in [1.165, 1.54) is 12.1 Å². The summed E-state index contributed by atoms with van der Waals surface area (Å²) in [6, 6.07) is 2.86. The van der Waals surface area contributed by atoms with Crippen LogP contribution < -0.4 is 5.32 Å². The van der Waals surface area contributed by atoms with Gasteiger partial charge in [-0.2, -0.15) is 0 Å². The quantitative estimate of drug-likeness (QED) is 0.817. The van der Waals surface area contributed by atoms with E-state index in [2.05, 4.69) is 12.2 Å². The summed E-state index contributed by atoms with van der Waals surface area (Å²) in [5, 5.41) is 12.4. The van der Waals surface area contributed by atoms with Crippen LogP contribution in [0.5, 0.6) is 0 Å². The second kappa shape index (κ2) is 7.39. The highest BCUT2D eigenvalue weighted by Gasteiger charge is 2.43. The minimum Gasteiger partial charge on any atom is -0.480 e. The number of amides is 1. The highest BCUT2D eigenvalue weighted by molar-refractivity contribution is 7.90. The maximum Gasteiger partial charge on any atom is 0.329 e. The lowest BCUT2D eigenvalue weighted by molar-refractivity contribution is -0.146. The number of aryl methyl sites for hydroxylation is 1. The molecule has 26 heavy (non-hydrogen) atoms. The fourth-order valence-electron chi connectivity index (χ4n) is 3.53. The van der Waals surface area contributed by atoms with Gasteiger partial charge in [0.15, 0.2) is 9.84 Å². The lowest BCUT2D eigenvalue weighted by atomic mass is 9.75. The maximum absolute atomic E-state index is 12.9. The molecule has 0 aliphatic heterocycles. The molecule has 0 aromatic heterocycles. The average Bonchev–Trinajstić information content (AvgIpc) is 2.56. The molecule has 1 aliphatic carbocycles. The van der Waals surface area contributed by atoms with E-state index in [-0.39, 0.29) is 10.5 Å². The van der Waals surface area contributed by atoms with Crippen molar-refractivity contribution < 1.29 is 23.1 Å². The smallest absolute Gasteiger partial charge is 0.329 e. The standard InChI is InChI=1S/C19H27NO5S/c1-5-14-6-8-19(9-7-14,18(22)23)20-17(21)16-11-15(26(4,24)25)10-12(2)13(16)3/h10-11,14H,5-9H2,1-4H3,(H,20,21)(H,22,23). The molecule has 1 aromatic carbocycles. The van der Waals surface area contributed by atoms with Crippen LogP contribution in [-0.2, 0) is 14.6 Å². The molecule has 0 spiro atoms. The molecule has 1 aliphatic rings. The molecule has 0 atom stereocenters. The minimum atomic E-state index is -3.47. The molecule has 0 heterocycles. The summed E-state index contributed by atoms with van der Waals surface area (Å²) in [6.45, 7) is 5.55. The summed E-state index contributed by atoms with van der Waals surface area (Å²) >= 11 is 0. The molecule has 2 rings (SSSR count). The number of hydrogen-bond acceptors (Lipinski definition) is 4. The lowest BCUT2D eigenvalue weighted by Gasteiger charge is -2.37. The van der Waals surface area contributed by atoms with Crippen molar-refractivity contribution in [3.63, 3.8) is 0 Å². The van der Waals surface area contributed by atoms with E-state index in [9.17, 15) is 23.1 Å². The number of nitrogens with one attached hydrogen (secondary N) is 1. The van der Waals surface area contributed by atoms with Crippen molar-refractivity contribution >= 4 is 21.7 Å². The van der Waals surface area contributed by atoms with Crippen molar-refractivity contribution in [2.75, 3.05) is 6.26 Å². The van der Waals surface area contributed by atoms with Gasteiger partial charge in [-0.3, -0.25) is 4.79 Å². The summed E-state index contributed by atoms with van der Waals surface area (Å²) in [6.07, 6.45) is 4.36. The summed E-state index contributed by atoms with van der Waals surface area (Å²) in [5.41, 5.74) is 0.253. The van der Waals surface area contributed by atoms with E-state index >= 15 is 0 Å². The Morgan fingerprint density at radius 2 is 1.81 bits per heavy atom. The van der Waals surface area contributed by atoms with E-state index in [4.69, 9.17) is 0 Å². The first kappa shape index (κ1) is 20.4. The zero-order chi connectivity index (χ0) is 19.7. The molecular weight excluding hydrogens is 354 g/mol. The topological polar surface area (TPSA) is 101 Å². The van der Waals surface area contributed by atoms with Crippen molar-refractivity contribution in [1.82, 2.24) is 5.32 Å². The zero-order valence-corrected chi connectivity index (χ0v) is 16.6. The van der Waals surface area contributed by atoms with Crippen LogP contribution in [0.15, 0.2) is 17.0 Å². The van der Waals surface area contributed by atoms with E-state index in [1.807, 2.05) is 0 Å². The van der Waals surface area contributed by atoms with Crippen molar-refractivity contribution in [3.8, 4) is 0 Å². The Kier molecular flexibility index (Phi) is 5.80. The SMILES string of the molecule is CCC1CCC(NC(=O)c2cc(S(C)(=O)=O)cc(C)c2C)(C(=O)O)CC1. The van der Waals surface area contributed by atoms with Gasteiger partial charge in [-0.25, -0.2) is 13.2 Å². The summed E-state index contributed by atoms with van der Waals surface area (Å²) in [7, 11) is -3.47. The van der Waals surface area contributed by atoms with Gasteiger partial charge in [-0.1, -0.05) is 13.3 Å². The highest BCUT2D eigenvalue weighted by Crippen LogP contribution is 2.34. The van der Waals surface area contributed by atoms with Crippen LogP contribution in [0, 0.1) is 19.8 Å². The Morgan fingerprint density at radius 3 is 2.27 bits per heavy atom. The van der Waals surface area contributed by atoms with Gasteiger partial charge in [-0.05, 0) is 68.7 Å². The Bertz CT molecular complexity index is 821. The van der Waals surface area contributed by atoms with Crippen LogP contribution in [0.4, 0.5) is 0 Å². The zero-order valence-electron chi connectivity index (χ0n) is 15.8. The molecule has 0 radical (unpaired) electrons. The normalized spacial score (nSPS) is 23.5. The van der Waals surface area contributed by atoms with Crippen molar-refractivity contribution in [3.05, 3.63) is 28.8 Å². The van der Waals surface area contributed by atoms with Gasteiger partial charge in [0.1, 0.15) is 5.54 Å². The van der Waals surface area contributed by atoms with Gasteiger partial charge < -0.3 is 10.4 Å². The third-order valence-electron chi connectivity index (χ3n) is 5.61. The Labute approximate surface area is 154 Å². The van der Waals surface area contributed by atoms with Gasteiger partial charge in [0.25, 0.3) is 5.91 Å². The van der Waals surface area contributed by atoms with Crippen LogP contribution in [0.1, 0.15) is 60.5 Å². The molecular formula is C19H27NO5S. The van der Waals surface area contributed by atoms with Crippen LogP contribution in [0.3, 0.4) is 0 Å². The Balaban J connectivity index is 2.36. The highest BCUT2D eigenvalue weighted by atomic mass is 32.2. The molecule has 1 amide bonds. The number of aliphatic carboxylic acids is 1. The number of carboxylic acids is 1. The minimum absolute atomic E-state index is 0.0600. The third-order valence-corrected chi connectivity index (χ3v) is 6.70. The van der Waals surface area contributed by atoms with Crippen LogP contribution >= 0.6 is 0 Å². The number of hydrogen-bond donors (Lipinski definition) is 2. The Morgan fingerprint density at radius 1 is 1.23 bits per heavy atom. The van der Waals surface area contributed by atoms with E-state index in [1.54, 1.807) is 13.8 Å². The van der Waals surface area contributed by atoms with Crippen LogP contribution in [-0.4, -0.2) is 37.2 Å². The number of carbonyl (C=O) groups excluding carboxylic acids is 1. The molecule has 6 nitrogen and oxygen atoms in total. The summed E-state index contributed by atoms with van der Waals surface area (Å²) < 4.78 is 23.8. The van der Waals surface area contributed by atoms with Crippen LogP contribution in [0.2, 0.25) is 0 Å². The molecule has 144 valence electrons. The van der Waals surface area contributed by atoms with Crippen molar-refractivity contribution in [1.29, 1.82) is 0 Å². The number of carbonyl (C=O) groups is 2. The maximum atomic E-state index is 12.9. The van der Waals surface area contributed by atoms with Gasteiger partial charge >= 0.3 is 5.97 Å². The molecule has 1 saturated carbocycles. The first-order valence-electron chi connectivity index (χ1n) is 8.87. The fraction of sp³-hybridized carbons (Fsp3) is 0.579. The van der Waals surface area contributed by atoms with Gasteiger partial charge in [0, 0.05) is 11.8 Å². The largest absolute Gasteiger partial charge is 0.480 e. The third kappa shape index (κ3) is 4.09. The second-order valence-corrected chi connectivity index (χ2v) is 9.39. The molecule has 0 unspecified atom stereocenters. The van der Waals surface area contributed by atoms with E-state index < -0.39 is 27.3 Å². The van der Waals surface area contributed by atoms with Gasteiger partial charge in [0.05, 0.1) is 4.90 Å². The number of sulfone groups is 1. The first-order valence-corrected chi connectivity index (χ1v) is 10.8. The second-order valence-electron chi connectivity index (χ2n) is 7.38. The predicted octanol–water partition coefficient (Wildman–Crippen LogP) is 2.86. The van der Waals surface area contributed by atoms with Gasteiger partial charge in [-0.15, -0.1) is 0 Å². The molecule has 0 saturated heterocycles. The molecule has 0 bridgehead atoms. The molecule has 1 fully saturated rings. The van der Waals surface area contributed by atoms with Crippen LogP contribution in [0.25, 0.3) is 0 Å². The number of carboxylic acid groups (broad SMARTS) is 1. The van der Waals surface area contributed by atoms with Crippen molar-refractivity contribution in [2.45, 2.75) is 63.3 Å². The average molecular weight is 381 g/mol. The Hall–Kier alpha value is -1.89. The number of benzene rings is 1. The first-order chi connectivity index (χ1) is 12.0. The van der Waals surface area contributed by atoms with Gasteiger partial charge in [0.2, 0.25) is 0 Å². The summed E-state index contributed by atoms with van der Waals surface area (Å²) in [5.74, 6) is -1.08. The molecule has 1 aromatic rings. The monoisotopic (exact) mass is 381 g/mol.